The molecule has 3 rings (SSSR count). The summed E-state index contributed by atoms with van der Waals surface area (Å²) in [6.45, 7) is 6.30. The summed E-state index contributed by atoms with van der Waals surface area (Å²) >= 11 is 0. The van der Waals surface area contributed by atoms with Gasteiger partial charge < -0.3 is 9.67 Å². The Morgan fingerprint density at radius 3 is 2.76 bits per heavy atom. The van der Waals surface area contributed by atoms with Crippen LogP contribution in [0.15, 0.2) is 0 Å². The average Bonchev–Trinajstić information content (AvgIpc) is 2.89. The summed E-state index contributed by atoms with van der Waals surface area (Å²) in [4.78, 5) is 13.7. The van der Waals surface area contributed by atoms with Crippen molar-refractivity contribution in [1.29, 1.82) is 0 Å². The number of hydrogen-bond acceptors (Lipinski definition) is 4. The van der Waals surface area contributed by atoms with Crippen molar-refractivity contribution in [2.75, 3.05) is 6.54 Å². The number of likely N-dealkylation sites (tertiary alicyclic amines) is 1. The zero-order valence-corrected chi connectivity index (χ0v) is 12.8. The smallest absolute Gasteiger partial charge is 0.307 e. The van der Waals surface area contributed by atoms with Gasteiger partial charge in [-0.1, -0.05) is 6.42 Å². The van der Waals surface area contributed by atoms with Gasteiger partial charge in [0.15, 0.2) is 0 Å². The highest BCUT2D eigenvalue weighted by molar-refractivity contribution is 5.70. The molecule has 116 valence electrons. The largest absolute Gasteiger partial charge is 0.481 e. The van der Waals surface area contributed by atoms with Crippen LogP contribution in [0.25, 0.3) is 0 Å². The van der Waals surface area contributed by atoms with E-state index in [-0.39, 0.29) is 5.92 Å². The predicted molar refractivity (Wildman–Crippen MR) is 77.9 cm³/mol. The highest BCUT2D eigenvalue weighted by Crippen LogP contribution is 2.33. The molecule has 2 unspecified atom stereocenters. The molecular formula is C15H24N4O2. The van der Waals surface area contributed by atoms with Crippen LogP contribution in [0.5, 0.6) is 0 Å². The average molecular weight is 292 g/mol. The Morgan fingerprint density at radius 2 is 2.05 bits per heavy atom. The van der Waals surface area contributed by atoms with E-state index in [1.807, 2.05) is 0 Å². The van der Waals surface area contributed by atoms with Crippen molar-refractivity contribution in [1.82, 2.24) is 19.7 Å². The van der Waals surface area contributed by atoms with E-state index in [0.29, 0.717) is 24.9 Å². The molecule has 21 heavy (non-hydrogen) atoms. The number of carbonyl (C=O) groups is 1. The first-order chi connectivity index (χ1) is 10.1. The predicted octanol–water partition coefficient (Wildman–Crippen LogP) is 1.86. The van der Waals surface area contributed by atoms with Crippen molar-refractivity contribution in [2.45, 2.75) is 64.6 Å². The Morgan fingerprint density at radius 1 is 1.24 bits per heavy atom. The molecule has 1 aromatic heterocycles. The second-order valence-corrected chi connectivity index (χ2v) is 6.50. The van der Waals surface area contributed by atoms with E-state index in [2.05, 4.69) is 33.5 Å². The molecule has 0 spiro atoms. The summed E-state index contributed by atoms with van der Waals surface area (Å²) in [6.07, 6.45) is 4.79. The molecule has 0 saturated carbocycles. The van der Waals surface area contributed by atoms with Crippen LogP contribution in [0.4, 0.5) is 0 Å². The van der Waals surface area contributed by atoms with E-state index in [0.717, 1.165) is 31.2 Å². The molecule has 2 aliphatic rings. The molecular weight excluding hydrogens is 268 g/mol. The third-order valence-electron chi connectivity index (χ3n) is 4.84. The fourth-order valence-electron chi connectivity index (χ4n) is 3.66. The second-order valence-electron chi connectivity index (χ2n) is 6.50. The van der Waals surface area contributed by atoms with E-state index in [1.165, 1.54) is 12.8 Å². The lowest BCUT2D eigenvalue weighted by Crippen LogP contribution is -2.40. The minimum atomic E-state index is -0.715. The van der Waals surface area contributed by atoms with Crippen LogP contribution in [-0.2, 0) is 17.8 Å². The number of aliphatic carboxylic acids is 1. The molecule has 6 nitrogen and oxygen atoms in total. The molecule has 0 amide bonds. The quantitative estimate of drug-likeness (QED) is 0.920. The lowest BCUT2D eigenvalue weighted by Gasteiger charge is -2.38. The Balaban J connectivity index is 1.85. The first-order valence-corrected chi connectivity index (χ1v) is 7.98. The van der Waals surface area contributed by atoms with Gasteiger partial charge in [0.1, 0.15) is 11.6 Å². The summed E-state index contributed by atoms with van der Waals surface area (Å²) in [5.41, 5.74) is 0. The summed E-state index contributed by atoms with van der Waals surface area (Å²) in [6, 6.07) is 0.833. The Kier molecular flexibility index (Phi) is 3.97. The van der Waals surface area contributed by atoms with Gasteiger partial charge in [0.25, 0.3) is 0 Å². The number of rotatable bonds is 3. The molecule has 2 aliphatic heterocycles. The lowest BCUT2D eigenvalue weighted by molar-refractivity contribution is -0.142. The molecule has 1 saturated heterocycles. The Bertz CT molecular complexity index is 526. The molecule has 1 aromatic rings. The summed E-state index contributed by atoms with van der Waals surface area (Å²) in [5, 5.41) is 17.9. The first kappa shape index (κ1) is 14.5. The Labute approximate surface area is 125 Å². The van der Waals surface area contributed by atoms with Crippen LogP contribution < -0.4 is 0 Å². The van der Waals surface area contributed by atoms with Gasteiger partial charge in [-0.25, -0.2) is 0 Å². The topological polar surface area (TPSA) is 71.2 Å². The molecule has 3 heterocycles. The van der Waals surface area contributed by atoms with Crippen LogP contribution in [0, 0.1) is 5.92 Å². The van der Waals surface area contributed by atoms with Gasteiger partial charge in [-0.3, -0.25) is 9.69 Å². The molecule has 1 fully saturated rings. The molecule has 1 N–H and O–H groups in total. The number of fused-ring (bicyclic) bond motifs is 1. The molecule has 0 radical (unpaired) electrons. The molecule has 0 aromatic carbocycles. The standard InChI is InChI=1S/C15H24N4O2/c1-10(2)18-7-4-3-5-12(18)14-17-16-13-9-11(15(20)21)6-8-19(13)14/h10-12H,3-9H2,1-2H3,(H,20,21). The number of piperidine rings is 1. The van der Waals surface area contributed by atoms with Gasteiger partial charge in [-0.15, -0.1) is 10.2 Å². The number of carboxylic acids is 1. The van der Waals surface area contributed by atoms with Gasteiger partial charge in [-0.05, 0) is 39.7 Å². The van der Waals surface area contributed by atoms with Crippen LogP contribution >= 0.6 is 0 Å². The number of nitrogens with zero attached hydrogens (tertiary/aromatic N) is 4. The number of hydrogen-bond donors (Lipinski definition) is 1. The third kappa shape index (κ3) is 2.69. The van der Waals surface area contributed by atoms with Crippen molar-refractivity contribution < 1.29 is 9.90 Å². The van der Waals surface area contributed by atoms with E-state index in [1.54, 1.807) is 0 Å². The third-order valence-corrected chi connectivity index (χ3v) is 4.84. The maximum Gasteiger partial charge on any atom is 0.307 e. The van der Waals surface area contributed by atoms with E-state index >= 15 is 0 Å². The van der Waals surface area contributed by atoms with Crippen LogP contribution in [0.2, 0.25) is 0 Å². The monoisotopic (exact) mass is 292 g/mol. The highest BCUT2D eigenvalue weighted by Gasteiger charge is 2.33. The lowest BCUT2D eigenvalue weighted by atomic mass is 9.96. The second kappa shape index (κ2) is 5.75. The minimum Gasteiger partial charge on any atom is -0.481 e. The molecule has 6 heteroatoms. The summed E-state index contributed by atoms with van der Waals surface area (Å²) < 4.78 is 2.17. The SMILES string of the molecule is CC(C)N1CCCCC1c1nnc2n1CCC(C(=O)O)C2. The van der Waals surface area contributed by atoms with Crippen molar-refractivity contribution >= 4 is 5.97 Å². The first-order valence-electron chi connectivity index (χ1n) is 7.98. The van der Waals surface area contributed by atoms with Gasteiger partial charge in [0.2, 0.25) is 0 Å². The fourth-order valence-corrected chi connectivity index (χ4v) is 3.66. The summed E-state index contributed by atoms with van der Waals surface area (Å²) in [7, 11) is 0. The maximum atomic E-state index is 11.1. The van der Waals surface area contributed by atoms with Crippen molar-refractivity contribution in [3.05, 3.63) is 11.6 Å². The zero-order chi connectivity index (χ0) is 15.0. The van der Waals surface area contributed by atoms with Gasteiger partial charge in [0.05, 0.1) is 12.0 Å². The van der Waals surface area contributed by atoms with Crippen LogP contribution in [0.3, 0.4) is 0 Å². The number of aromatic nitrogens is 3. The van der Waals surface area contributed by atoms with Crippen molar-refractivity contribution in [2.24, 2.45) is 5.92 Å². The van der Waals surface area contributed by atoms with E-state index in [9.17, 15) is 4.79 Å². The zero-order valence-electron chi connectivity index (χ0n) is 12.8. The summed E-state index contributed by atoms with van der Waals surface area (Å²) in [5.74, 6) is 0.870. The van der Waals surface area contributed by atoms with Crippen molar-refractivity contribution in [3.8, 4) is 0 Å². The van der Waals surface area contributed by atoms with Gasteiger partial charge in [-0.2, -0.15) is 0 Å². The fraction of sp³-hybridized carbons (Fsp3) is 0.800. The highest BCUT2D eigenvalue weighted by atomic mass is 16.4. The maximum absolute atomic E-state index is 11.1. The van der Waals surface area contributed by atoms with E-state index < -0.39 is 5.97 Å². The normalized spacial score (nSPS) is 26.8. The Hall–Kier alpha value is -1.43. The molecule has 2 atom stereocenters. The number of carboxylic acid groups (broad SMARTS) is 1. The molecule has 0 aliphatic carbocycles. The van der Waals surface area contributed by atoms with Crippen molar-refractivity contribution in [3.63, 3.8) is 0 Å². The van der Waals surface area contributed by atoms with Gasteiger partial charge in [0, 0.05) is 19.0 Å². The van der Waals surface area contributed by atoms with Crippen LogP contribution in [-0.4, -0.2) is 43.3 Å². The minimum absolute atomic E-state index is 0.304. The molecule has 0 bridgehead atoms. The van der Waals surface area contributed by atoms with Gasteiger partial charge >= 0.3 is 5.97 Å². The van der Waals surface area contributed by atoms with Crippen LogP contribution in [0.1, 0.15) is 57.2 Å². The van der Waals surface area contributed by atoms with E-state index in [4.69, 9.17) is 5.11 Å².